The molecule has 0 saturated heterocycles. The molecule has 0 aliphatic heterocycles. The topological polar surface area (TPSA) is 117 Å². The maximum Gasteiger partial charge on any atom is 0.371 e. The second kappa shape index (κ2) is 6.17. The van der Waals surface area contributed by atoms with Gasteiger partial charge in [0.25, 0.3) is 0 Å². The Bertz CT molecular complexity index is 611. The lowest BCUT2D eigenvalue weighted by Gasteiger charge is -2.22. The molecule has 0 aliphatic rings. The first-order chi connectivity index (χ1) is 9.42. The highest BCUT2D eigenvalue weighted by Gasteiger charge is 2.25. The molecule has 3 N–H and O–H groups in total. The van der Waals surface area contributed by atoms with E-state index in [0.29, 0.717) is 6.42 Å². The van der Waals surface area contributed by atoms with Gasteiger partial charge in [-0.05, 0) is 18.8 Å². The zero-order valence-corrected chi connectivity index (χ0v) is 13.3. The summed E-state index contributed by atoms with van der Waals surface area (Å²) in [4.78, 5) is 10.5. The number of carbonyl (C=O) groups is 1. The van der Waals surface area contributed by atoms with Gasteiger partial charge in [-0.2, -0.15) is 0 Å². The second-order valence-electron chi connectivity index (χ2n) is 6.11. The summed E-state index contributed by atoms with van der Waals surface area (Å²) < 4.78 is 31.3. The van der Waals surface area contributed by atoms with E-state index >= 15 is 0 Å². The third kappa shape index (κ3) is 5.14. The van der Waals surface area contributed by atoms with Gasteiger partial charge in [-0.1, -0.05) is 20.8 Å². The van der Waals surface area contributed by atoms with E-state index < -0.39 is 27.9 Å². The second-order valence-corrected chi connectivity index (χ2v) is 7.84. The van der Waals surface area contributed by atoms with Gasteiger partial charge < -0.3 is 14.6 Å². The van der Waals surface area contributed by atoms with Crippen molar-refractivity contribution in [1.29, 1.82) is 0 Å². The van der Waals surface area contributed by atoms with Gasteiger partial charge in [0.15, 0.2) is 0 Å². The molecule has 7 nitrogen and oxygen atoms in total. The average Bonchev–Trinajstić information content (AvgIpc) is 2.67. The van der Waals surface area contributed by atoms with Crippen LogP contribution in [0.1, 0.15) is 43.5 Å². The Morgan fingerprint density at radius 3 is 2.43 bits per heavy atom. The molecule has 0 aliphatic carbocycles. The molecule has 0 amide bonds. The number of aromatic carboxylic acids is 1. The fraction of sp³-hybridized carbons (Fsp3) is 0.615. The van der Waals surface area contributed by atoms with Crippen LogP contribution in [0, 0.1) is 12.3 Å². The number of furan rings is 1. The molecule has 1 atom stereocenters. The summed E-state index contributed by atoms with van der Waals surface area (Å²) in [7, 11) is -3.92. The zero-order valence-electron chi connectivity index (χ0n) is 12.5. The largest absolute Gasteiger partial charge is 0.475 e. The molecular weight excluding hydrogens is 298 g/mol. The van der Waals surface area contributed by atoms with E-state index in [1.807, 2.05) is 20.8 Å². The highest BCUT2D eigenvalue weighted by molar-refractivity contribution is 7.89. The first-order valence-corrected chi connectivity index (χ1v) is 7.92. The van der Waals surface area contributed by atoms with Crippen LogP contribution in [-0.4, -0.2) is 37.2 Å². The molecule has 1 rings (SSSR count). The van der Waals surface area contributed by atoms with E-state index in [1.165, 1.54) is 6.92 Å². The lowest BCUT2D eigenvalue weighted by atomic mass is 9.89. The lowest BCUT2D eigenvalue weighted by Crippen LogP contribution is -2.34. The summed E-state index contributed by atoms with van der Waals surface area (Å²) in [6.07, 6.45) is -0.397. The zero-order chi connectivity index (χ0) is 16.4. The van der Waals surface area contributed by atoms with Crippen LogP contribution in [-0.2, 0) is 10.0 Å². The maximum atomic E-state index is 12.1. The molecular formula is C13H21NO6S. The Morgan fingerprint density at radius 1 is 1.43 bits per heavy atom. The molecule has 8 heteroatoms. The Balaban J connectivity index is 2.81. The van der Waals surface area contributed by atoms with E-state index in [1.54, 1.807) is 0 Å². The lowest BCUT2D eigenvalue weighted by molar-refractivity contribution is 0.0661. The van der Waals surface area contributed by atoms with E-state index in [0.717, 1.165) is 6.07 Å². The third-order valence-electron chi connectivity index (χ3n) is 2.73. The van der Waals surface area contributed by atoms with Crippen molar-refractivity contribution in [3.05, 3.63) is 17.6 Å². The molecule has 0 spiro atoms. The normalized spacial score (nSPS) is 14.1. The smallest absolute Gasteiger partial charge is 0.371 e. The van der Waals surface area contributed by atoms with Gasteiger partial charge in [0.2, 0.25) is 15.8 Å². The van der Waals surface area contributed by atoms with Gasteiger partial charge in [-0.25, -0.2) is 17.9 Å². The Morgan fingerprint density at radius 2 is 2.00 bits per heavy atom. The van der Waals surface area contributed by atoms with Crippen molar-refractivity contribution < 1.29 is 27.8 Å². The molecule has 1 unspecified atom stereocenters. The van der Waals surface area contributed by atoms with Gasteiger partial charge in [0.1, 0.15) is 10.7 Å². The third-order valence-corrected chi connectivity index (χ3v) is 4.26. The van der Waals surface area contributed by atoms with Gasteiger partial charge in [-0.15, -0.1) is 0 Å². The Labute approximate surface area is 124 Å². The Kier molecular flexibility index (Phi) is 5.19. The van der Waals surface area contributed by atoms with Crippen LogP contribution in [0.5, 0.6) is 0 Å². The molecule has 0 fully saturated rings. The van der Waals surface area contributed by atoms with Crippen molar-refractivity contribution in [2.45, 2.75) is 45.1 Å². The fourth-order valence-electron chi connectivity index (χ4n) is 1.90. The SMILES string of the molecule is Cc1oc(C(=O)O)cc1S(=O)(=O)NCC(O)CC(C)(C)C. The highest BCUT2D eigenvalue weighted by Crippen LogP contribution is 2.22. The summed E-state index contributed by atoms with van der Waals surface area (Å²) >= 11 is 0. The van der Waals surface area contributed by atoms with Crippen molar-refractivity contribution >= 4 is 16.0 Å². The average molecular weight is 319 g/mol. The summed E-state index contributed by atoms with van der Waals surface area (Å²) in [5, 5.41) is 18.6. The van der Waals surface area contributed by atoms with Crippen LogP contribution < -0.4 is 4.72 Å². The number of carboxylic acid groups (broad SMARTS) is 1. The first kappa shape index (κ1) is 17.7. The molecule has 21 heavy (non-hydrogen) atoms. The van der Waals surface area contributed by atoms with E-state index in [2.05, 4.69) is 4.72 Å². The quantitative estimate of drug-likeness (QED) is 0.729. The summed E-state index contributed by atoms with van der Waals surface area (Å²) in [5.41, 5.74) is -0.132. The van der Waals surface area contributed by atoms with Gasteiger partial charge >= 0.3 is 5.97 Å². The minimum atomic E-state index is -3.92. The molecule has 120 valence electrons. The van der Waals surface area contributed by atoms with Crippen LogP contribution in [0.2, 0.25) is 0 Å². The van der Waals surface area contributed by atoms with Crippen LogP contribution in [0.25, 0.3) is 0 Å². The number of aliphatic hydroxyl groups excluding tert-OH is 1. The number of carboxylic acids is 1. The Hall–Kier alpha value is -1.38. The summed E-state index contributed by atoms with van der Waals surface area (Å²) in [6, 6.07) is 0.955. The van der Waals surface area contributed by atoms with Gasteiger partial charge in [0.05, 0.1) is 6.10 Å². The number of rotatable bonds is 6. The monoisotopic (exact) mass is 319 g/mol. The molecule has 0 saturated carbocycles. The highest BCUT2D eigenvalue weighted by atomic mass is 32.2. The summed E-state index contributed by atoms with van der Waals surface area (Å²) in [6.45, 7) is 7.03. The number of aliphatic hydroxyl groups is 1. The van der Waals surface area contributed by atoms with Gasteiger partial charge in [-0.3, -0.25) is 0 Å². The number of aryl methyl sites for hydroxylation is 1. The number of nitrogens with one attached hydrogen (secondary N) is 1. The molecule has 0 aromatic carbocycles. The van der Waals surface area contributed by atoms with Crippen molar-refractivity contribution in [3.8, 4) is 0 Å². The van der Waals surface area contributed by atoms with E-state index in [4.69, 9.17) is 9.52 Å². The van der Waals surface area contributed by atoms with Crippen molar-refractivity contribution in [2.75, 3.05) is 6.54 Å². The maximum absolute atomic E-state index is 12.1. The predicted octanol–water partition coefficient (Wildman–Crippen LogP) is 1.36. The molecule has 1 aromatic rings. The first-order valence-electron chi connectivity index (χ1n) is 6.44. The van der Waals surface area contributed by atoms with Crippen molar-refractivity contribution in [2.24, 2.45) is 5.41 Å². The van der Waals surface area contributed by atoms with Crippen LogP contribution in [0.15, 0.2) is 15.4 Å². The standard InChI is InChI=1S/C13H21NO6S/c1-8-11(5-10(20-8)12(16)17)21(18,19)14-7-9(15)6-13(2,3)4/h5,9,14-15H,6-7H2,1-4H3,(H,16,17). The molecule has 1 heterocycles. The molecule has 0 bridgehead atoms. The summed E-state index contributed by atoms with van der Waals surface area (Å²) in [5.74, 6) is -1.79. The van der Waals surface area contributed by atoms with E-state index in [-0.39, 0.29) is 22.6 Å². The van der Waals surface area contributed by atoms with Crippen molar-refractivity contribution in [3.63, 3.8) is 0 Å². The minimum absolute atomic E-state index is 0.00906. The van der Waals surface area contributed by atoms with E-state index in [9.17, 15) is 18.3 Å². The molecule has 1 aromatic heterocycles. The van der Waals surface area contributed by atoms with Gasteiger partial charge in [0, 0.05) is 12.6 Å². The number of hydrogen-bond acceptors (Lipinski definition) is 5. The van der Waals surface area contributed by atoms with Crippen LogP contribution in [0.3, 0.4) is 0 Å². The number of hydrogen-bond donors (Lipinski definition) is 3. The predicted molar refractivity (Wildman–Crippen MR) is 75.7 cm³/mol. The fourth-order valence-corrected chi connectivity index (χ4v) is 3.15. The minimum Gasteiger partial charge on any atom is -0.475 e. The number of sulfonamides is 1. The van der Waals surface area contributed by atoms with Crippen molar-refractivity contribution in [1.82, 2.24) is 4.72 Å². The molecule has 0 radical (unpaired) electrons. The van der Waals surface area contributed by atoms with Crippen LogP contribution >= 0.6 is 0 Å². The van der Waals surface area contributed by atoms with Crippen LogP contribution in [0.4, 0.5) is 0 Å².